The third-order valence-electron chi connectivity index (χ3n) is 3.15. The Balaban J connectivity index is 2.62. The van der Waals surface area contributed by atoms with E-state index in [4.69, 9.17) is 0 Å². The molecule has 0 saturated carbocycles. The summed E-state index contributed by atoms with van der Waals surface area (Å²) in [4.78, 5) is 12.3. The third-order valence-corrected chi connectivity index (χ3v) is 3.15. The summed E-state index contributed by atoms with van der Waals surface area (Å²) in [6.07, 6.45) is -10.2. The molecule has 0 spiro atoms. The van der Waals surface area contributed by atoms with Gasteiger partial charge in [0.25, 0.3) is 0 Å². The number of hydrogen-bond acceptors (Lipinski definition) is 3. The van der Waals surface area contributed by atoms with Gasteiger partial charge in [-0.1, -0.05) is 0 Å². The average molecular weight is 313 g/mol. The second-order valence-electron chi connectivity index (χ2n) is 4.54. The van der Waals surface area contributed by atoms with Crippen LogP contribution in [0.1, 0.15) is 29.4 Å². The van der Waals surface area contributed by atoms with Crippen molar-refractivity contribution < 1.29 is 31.1 Å². The van der Waals surface area contributed by atoms with Gasteiger partial charge in [0.2, 0.25) is 5.91 Å². The standard InChI is InChI=1S/C11H9F6N3O/c1-5(21)20-3-2-6-7(4-20)9(11(15,16)17)19-18-8(6)10(12,13)14/h2-4H2,1H3. The Hall–Kier alpha value is -1.87. The van der Waals surface area contributed by atoms with Crippen LogP contribution in [0.3, 0.4) is 0 Å². The molecule has 0 saturated heterocycles. The zero-order chi connectivity index (χ0) is 16.0. The molecule has 1 aromatic heterocycles. The van der Waals surface area contributed by atoms with Crippen molar-refractivity contribution in [1.29, 1.82) is 0 Å². The molecule has 10 heteroatoms. The van der Waals surface area contributed by atoms with E-state index in [1.54, 1.807) is 0 Å². The van der Waals surface area contributed by atoms with E-state index in [1.165, 1.54) is 0 Å². The van der Waals surface area contributed by atoms with Crippen LogP contribution in [-0.2, 0) is 30.1 Å². The van der Waals surface area contributed by atoms with Gasteiger partial charge in [-0.05, 0) is 12.0 Å². The minimum absolute atomic E-state index is 0.0889. The van der Waals surface area contributed by atoms with E-state index in [0.29, 0.717) is 0 Å². The Kier molecular flexibility index (Phi) is 3.58. The first-order valence-corrected chi connectivity index (χ1v) is 5.80. The van der Waals surface area contributed by atoms with Crippen molar-refractivity contribution in [3.05, 3.63) is 22.5 Å². The molecule has 1 aliphatic heterocycles. The minimum atomic E-state index is -4.93. The number of rotatable bonds is 0. The van der Waals surface area contributed by atoms with Crippen LogP contribution in [0.2, 0.25) is 0 Å². The molecule has 2 heterocycles. The van der Waals surface area contributed by atoms with E-state index in [9.17, 15) is 31.1 Å². The fraction of sp³-hybridized carbons (Fsp3) is 0.545. The van der Waals surface area contributed by atoms with Gasteiger partial charge in [0.05, 0.1) is 0 Å². The number of amides is 1. The maximum absolute atomic E-state index is 12.8. The molecule has 1 amide bonds. The molecule has 0 N–H and O–H groups in total. The number of fused-ring (bicyclic) bond motifs is 1. The second-order valence-corrected chi connectivity index (χ2v) is 4.54. The predicted octanol–water partition coefficient (Wildman–Crippen LogP) is 2.42. The SMILES string of the molecule is CC(=O)N1CCc2c(C(F)(F)F)nnc(C(F)(F)F)c2C1. The van der Waals surface area contributed by atoms with E-state index in [2.05, 4.69) is 10.2 Å². The number of alkyl halides is 6. The van der Waals surface area contributed by atoms with Crippen LogP contribution >= 0.6 is 0 Å². The van der Waals surface area contributed by atoms with Crippen molar-refractivity contribution in [1.82, 2.24) is 15.1 Å². The van der Waals surface area contributed by atoms with Crippen LogP contribution in [0, 0.1) is 0 Å². The molecule has 1 aromatic rings. The van der Waals surface area contributed by atoms with Gasteiger partial charge in [0.15, 0.2) is 11.4 Å². The first-order chi connectivity index (χ1) is 9.51. The van der Waals surface area contributed by atoms with Crippen LogP contribution in [-0.4, -0.2) is 27.5 Å². The third kappa shape index (κ3) is 2.93. The number of carbonyl (C=O) groups is 1. The average Bonchev–Trinajstić information content (AvgIpc) is 2.34. The quantitative estimate of drug-likeness (QED) is 0.691. The predicted molar refractivity (Wildman–Crippen MR) is 56.8 cm³/mol. The number of halogens is 6. The molecule has 0 fully saturated rings. The molecule has 0 aromatic carbocycles. The van der Waals surface area contributed by atoms with Crippen LogP contribution in [0.5, 0.6) is 0 Å². The summed E-state index contributed by atoms with van der Waals surface area (Å²) in [6, 6.07) is 0. The van der Waals surface area contributed by atoms with Crippen molar-refractivity contribution in [3.63, 3.8) is 0 Å². The lowest BCUT2D eigenvalue weighted by Crippen LogP contribution is -2.37. The van der Waals surface area contributed by atoms with Gasteiger partial charge in [0, 0.05) is 25.6 Å². The molecule has 116 valence electrons. The smallest absolute Gasteiger partial charge is 0.338 e. The molecule has 0 radical (unpaired) electrons. The Morgan fingerprint density at radius 2 is 1.48 bits per heavy atom. The summed E-state index contributed by atoms with van der Waals surface area (Å²) in [5.74, 6) is -0.515. The fourth-order valence-electron chi connectivity index (χ4n) is 2.19. The molecular weight excluding hydrogens is 304 g/mol. The lowest BCUT2D eigenvalue weighted by molar-refractivity contribution is -0.150. The van der Waals surface area contributed by atoms with Crippen LogP contribution in [0.4, 0.5) is 26.3 Å². The zero-order valence-electron chi connectivity index (χ0n) is 10.6. The minimum Gasteiger partial charge on any atom is -0.338 e. The van der Waals surface area contributed by atoms with Gasteiger partial charge in [-0.2, -0.15) is 26.3 Å². The van der Waals surface area contributed by atoms with Gasteiger partial charge in [-0.25, -0.2) is 0 Å². The number of nitrogens with zero attached hydrogens (tertiary/aromatic N) is 3. The van der Waals surface area contributed by atoms with E-state index in [1.807, 2.05) is 0 Å². The largest absolute Gasteiger partial charge is 0.435 e. The summed E-state index contributed by atoms with van der Waals surface area (Å²) < 4.78 is 76.9. The van der Waals surface area contributed by atoms with Gasteiger partial charge < -0.3 is 4.90 Å². The molecule has 0 atom stereocenters. The van der Waals surface area contributed by atoms with Crippen molar-refractivity contribution in [2.24, 2.45) is 0 Å². The van der Waals surface area contributed by atoms with Gasteiger partial charge >= 0.3 is 12.4 Å². The topological polar surface area (TPSA) is 46.1 Å². The Morgan fingerprint density at radius 1 is 1.00 bits per heavy atom. The van der Waals surface area contributed by atoms with Crippen molar-refractivity contribution in [3.8, 4) is 0 Å². The lowest BCUT2D eigenvalue weighted by atomic mass is 9.96. The van der Waals surface area contributed by atoms with Gasteiger partial charge in [-0.3, -0.25) is 4.79 Å². The highest BCUT2D eigenvalue weighted by molar-refractivity contribution is 5.73. The summed E-state index contributed by atoms with van der Waals surface area (Å²) >= 11 is 0. The zero-order valence-corrected chi connectivity index (χ0v) is 10.6. The molecule has 0 bridgehead atoms. The van der Waals surface area contributed by atoms with Crippen molar-refractivity contribution >= 4 is 5.91 Å². The van der Waals surface area contributed by atoms with E-state index in [-0.39, 0.29) is 13.0 Å². The Morgan fingerprint density at radius 3 is 1.90 bits per heavy atom. The van der Waals surface area contributed by atoms with Crippen LogP contribution in [0.25, 0.3) is 0 Å². The highest BCUT2D eigenvalue weighted by Crippen LogP contribution is 2.38. The normalized spacial score (nSPS) is 15.9. The van der Waals surface area contributed by atoms with Crippen LogP contribution < -0.4 is 0 Å². The maximum atomic E-state index is 12.8. The Labute approximate surface area is 114 Å². The van der Waals surface area contributed by atoms with E-state index in [0.717, 1.165) is 11.8 Å². The summed E-state index contributed by atoms with van der Waals surface area (Å²) in [5, 5.41) is 5.39. The monoisotopic (exact) mass is 313 g/mol. The van der Waals surface area contributed by atoms with E-state index < -0.39 is 47.3 Å². The fourth-order valence-corrected chi connectivity index (χ4v) is 2.19. The summed E-state index contributed by atoms with van der Waals surface area (Å²) in [5.41, 5.74) is -4.07. The number of aromatic nitrogens is 2. The molecule has 0 aliphatic carbocycles. The number of hydrogen-bond donors (Lipinski definition) is 0. The summed E-state index contributed by atoms with van der Waals surface area (Å²) in [7, 11) is 0. The summed E-state index contributed by atoms with van der Waals surface area (Å²) in [6.45, 7) is 0.490. The second kappa shape index (κ2) is 4.85. The lowest BCUT2D eigenvalue weighted by Gasteiger charge is -2.30. The Bertz CT molecular complexity index is 581. The highest BCUT2D eigenvalue weighted by atomic mass is 19.4. The van der Waals surface area contributed by atoms with E-state index >= 15 is 0 Å². The first-order valence-electron chi connectivity index (χ1n) is 5.80. The van der Waals surface area contributed by atoms with Crippen LogP contribution in [0.15, 0.2) is 0 Å². The van der Waals surface area contributed by atoms with Crippen molar-refractivity contribution in [2.45, 2.75) is 32.2 Å². The molecule has 2 rings (SSSR count). The van der Waals surface area contributed by atoms with Crippen molar-refractivity contribution in [2.75, 3.05) is 6.54 Å². The molecular formula is C11H9F6N3O. The van der Waals surface area contributed by atoms with Gasteiger partial charge in [-0.15, -0.1) is 10.2 Å². The molecule has 21 heavy (non-hydrogen) atoms. The van der Waals surface area contributed by atoms with Gasteiger partial charge in [0.1, 0.15) is 0 Å². The highest BCUT2D eigenvalue weighted by Gasteiger charge is 2.44. The molecule has 4 nitrogen and oxygen atoms in total. The maximum Gasteiger partial charge on any atom is 0.435 e. The number of carbonyl (C=O) groups excluding carboxylic acids is 1. The first kappa shape index (κ1) is 15.5. The molecule has 0 unspecified atom stereocenters. The molecule has 1 aliphatic rings.